The van der Waals surface area contributed by atoms with Crippen molar-refractivity contribution in [3.05, 3.63) is 53.8 Å². The normalized spacial score (nSPS) is 10.8. The van der Waals surface area contributed by atoms with Crippen LogP contribution < -0.4 is 15.8 Å². The van der Waals surface area contributed by atoms with E-state index in [0.717, 1.165) is 5.69 Å². The molecule has 1 heterocycles. The summed E-state index contributed by atoms with van der Waals surface area (Å²) < 4.78 is 19.1. The van der Waals surface area contributed by atoms with E-state index >= 15 is 0 Å². The number of hydrogen-bond donors (Lipinski definition) is 2. The summed E-state index contributed by atoms with van der Waals surface area (Å²) in [6, 6.07) is 11.5. The number of nitrogens with one attached hydrogen (secondary N) is 2. The summed E-state index contributed by atoms with van der Waals surface area (Å²) in [5.41, 5.74) is 5.59. The van der Waals surface area contributed by atoms with Gasteiger partial charge in [0, 0.05) is 38.2 Å². The highest BCUT2D eigenvalue weighted by Crippen LogP contribution is 2.35. The maximum absolute atomic E-state index is 13.2. The molecule has 0 fully saturated rings. The maximum atomic E-state index is 13.2. The molecule has 0 bridgehead atoms. The average molecular weight is 327 g/mol. The van der Waals surface area contributed by atoms with Crippen LogP contribution in [0.4, 0.5) is 10.1 Å². The Kier molecular flexibility index (Phi) is 4.22. The van der Waals surface area contributed by atoms with Gasteiger partial charge in [0.1, 0.15) is 17.2 Å². The molecule has 0 radical (unpaired) electrons. The van der Waals surface area contributed by atoms with Gasteiger partial charge in [0.25, 0.3) is 5.91 Å². The Labute approximate surface area is 139 Å². The SMILES string of the molecule is CNC(=O)c1c(-c2ccc(F)cc2)oc2cc(N(C)NC)ccc12. The van der Waals surface area contributed by atoms with E-state index in [4.69, 9.17) is 4.42 Å². The number of carbonyl (C=O) groups excluding carboxylic acids is 1. The van der Waals surface area contributed by atoms with E-state index in [1.807, 2.05) is 37.3 Å². The molecule has 0 aliphatic carbocycles. The van der Waals surface area contributed by atoms with Gasteiger partial charge in [-0.1, -0.05) is 0 Å². The molecular formula is C18H18FN3O2. The average Bonchev–Trinajstić information content (AvgIpc) is 2.99. The smallest absolute Gasteiger partial charge is 0.255 e. The third kappa shape index (κ3) is 2.72. The van der Waals surface area contributed by atoms with Gasteiger partial charge in [0.15, 0.2) is 0 Å². The van der Waals surface area contributed by atoms with Crippen LogP contribution in [0.1, 0.15) is 10.4 Å². The second kappa shape index (κ2) is 6.33. The topological polar surface area (TPSA) is 57.5 Å². The van der Waals surface area contributed by atoms with E-state index in [1.54, 1.807) is 19.2 Å². The lowest BCUT2D eigenvalue weighted by Crippen LogP contribution is -2.30. The van der Waals surface area contributed by atoms with Gasteiger partial charge in [0.05, 0.1) is 11.3 Å². The Hall–Kier alpha value is -2.86. The summed E-state index contributed by atoms with van der Waals surface area (Å²) in [5.74, 6) is -0.161. The summed E-state index contributed by atoms with van der Waals surface area (Å²) in [4.78, 5) is 12.4. The van der Waals surface area contributed by atoms with Crippen molar-refractivity contribution in [2.75, 3.05) is 26.2 Å². The zero-order valence-corrected chi connectivity index (χ0v) is 13.7. The van der Waals surface area contributed by atoms with Crippen LogP contribution in [-0.2, 0) is 0 Å². The molecule has 1 amide bonds. The van der Waals surface area contributed by atoms with Gasteiger partial charge < -0.3 is 14.7 Å². The number of fused-ring (bicyclic) bond motifs is 1. The lowest BCUT2D eigenvalue weighted by atomic mass is 10.0. The number of halogens is 1. The van der Waals surface area contributed by atoms with Gasteiger partial charge in [0.2, 0.25) is 0 Å². The Morgan fingerprint density at radius 1 is 1.12 bits per heavy atom. The van der Waals surface area contributed by atoms with Crippen LogP contribution in [0.2, 0.25) is 0 Å². The first-order valence-electron chi connectivity index (χ1n) is 7.51. The van der Waals surface area contributed by atoms with Crippen LogP contribution in [0, 0.1) is 5.82 Å². The lowest BCUT2D eigenvalue weighted by Gasteiger charge is -2.16. The van der Waals surface area contributed by atoms with Crippen molar-refractivity contribution in [1.29, 1.82) is 0 Å². The van der Waals surface area contributed by atoms with Crippen LogP contribution in [-0.4, -0.2) is 27.1 Å². The molecule has 0 unspecified atom stereocenters. The standard InChI is InChI=1S/C18H18FN3O2/c1-20-18(23)16-14-9-8-13(22(3)21-2)10-15(14)24-17(16)11-4-6-12(19)7-5-11/h4-10,21H,1-3H3,(H,20,23). The minimum absolute atomic E-state index is 0.247. The van der Waals surface area contributed by atoms with Crippen LogP contribution in [0.25, 0.3) is 22.3 Å². The van der Waals surface area contributed by atoms with E-state index in [1.165, 1.54) is 12.1 Å². The fourth-order valence-electron chi connectivity index (χ4n) is 2.58. The largest absolute Gasteiger partial charge is 0.455 e. The molecule has 2 aromatic carbocycles. The second-order valence-electron chi connectivity index (χ2n) is 5.36. The maximum Gasteiger partial charge on any atom is 0.255 e. The van der Waals surface area contributed by atoms with Gasteiger partial charge in [-0.2, -0.15) is 0 Å². The number of carbonyl (C=O) groups is 1. The van der Waals surface area contributed by atoms with Crippen molar-refractivity contribution in [3.8, 4) is 11.3 Å². The molecule has 2 N–H and O–H groups in total. The molecule has 3 aromatic rings. The summed E-state index contributed by atoms with van der Waals surface area (Å²) in [5, 5.41) is 5.18. The molecule has 0 atom stereocenters. The van der Waals surface area contributed by atoms with Crippen LogP contribution in [0.5, 0.6) is 0 Å². The number of rotatable bonds is 4. The van der Waals surface area contributed by atoms with Gasteiger partial charge in [-0.15, -0.1) is 0 Å². The highest BCUT2D eigenvalue weighted by atomic mass is 19.1. The Balaban J connectivity index is 2.23. The fourth-order valence-corrected chi connectivity index (χ4v) is 2.58. The predicted molar refractivity (Wildman–Crippen MR) is 92.5 cm³/mol. The molecule has 6 heteroatoms. The molecule has 0 spiro atoms. The minimum atomic E-state index is -0.339. The third-order valence-corrected chi connectivity index (χ3v) is 3.96. The summed E-state index contributed by atoms with van der Waals surface area (Å²) in [6.45, 7) is 0. The van der Waals surface area contributed by atoms with Gasteiger partial charge in [-0.25, -0.2) is 9.82 Å². The zero-order valence-electron chi connectivity index (χ0n) is 13.7. The van der Waals surface area contributed by atoms with Crippen LogP contribution in [0.15, 0.2) is 46.9 Å². The quantitative estimate of drug-likeness (QED) is 0.723. The Morgan fingerprint density at radius 2 is 1.83 bits per heavy atom. The zero-order chi connectivity index (χ0) is 17.3. The number of hydrazine groups is 1. The molecule has 0 aliphatic heterocycles. The summed E-state index contributed by atoms with van der Waals surface area (Å²) in [6.07, 6.45) is 0. The predicted octanol–water partition coefficient (Wildman–Crippen LogP) is 3.17. The third-order valence-electron chi connectivity index (χ3n) is 3.96. The summed E-state index contributed by atoms with van der Waals surface area (Å²) >= 11 is 0. The summed E-state index contributed by atoms with van der Waals surface area (Å²) in [7, 11) is 5.26. The highest BCUT2D eigenvalue weighted by molar-refractivity contribution is 6.11. The molecular weight excluding hydrogens is 309 g/mol. The number of amides is 1. The Bertz CT molecular complexity index is 887. The molecule has 0 saturated carbocycles. The van der Waals surface area contributed by atoms with E-state index in [-0.39, 0.29) is 11.7 Å². The van der Waals surface area contributed by atoms with Crippen molar-refractivity contribution in [2.45, 2.75) is 0 Å². The van der Waals surface area contributed by atoms with E-state index in [0.29, 0.717) is 27.9 Å². The van der Waals surface area contributed by atoms with E-state index in [2.05, 4.69) is 10.7 Å². The van der Waals surface area contributed by atoms with Crippen molar-refractivity contribution < 1.29 is 13.6 Å². The highest BCUT2D eigenvalue weighted by Gasteiger charge is 2.21. The van der Waals surface area contributed by atoms with Crippen LogP contribution >= 0.6 is 0 Å². The molecule has 1 aromatic heterocycles. The van der Waals surface area contributed by atoms with Gasteiger partial charge >= 0.3 is 0 Å². The van der Waals surface area contributed by atoms with Gasteiger partial charge in [-0.05, 0) is 36.4 Å². The number of anilines is 1. The number of hydrogen-bond acceptors (Lipinski definition) is 4. The first-order chi connectivity index (χ1) is 11.5. The molecule has 3 rings (SSSR count). The number of nitrogens with zero attached hydrogens (tertiary/aromatic N) is 1. The minimum Gasteiger partial charge on any atom is -0.455 e. The second-order valence-corrected chi connectivity index (χ2v) is 5.36. The van der Waals surface area contributed by atoms with Crippen LogP contribution in [0.3, 0.4) is 0 Å². The first kappa shape index (κ1) is 16.0. The lowest BCUT2D eigenvalue weighted by molar-refractivity contribution is 0.0964. The van der Waals surface area contributed by atoms with Crippen molar-refractivity contribution in [3.63, 3.8) is 0 Å². The van der Waals surface area contributed by atoms with E-state index in [9.17, 15) is 9.18 Å². The molecule has 0 aliphatic rings. The van der Waals surface area contributed by atoms with Crippen molar-refractivity contribution >= 4 is 22.6 Å². The molecule has 0 saturated heterocycles. The molecule has 24 heavy (non-hydrogen) atoms. The molecule has 5 nitrogen and oxygen atoms in total. The van der Waals surface area contributed by atoms with Gasteiger partial charge in [-0.3, -0.25) is 4.79 Å². The number of furan rings is 1. The molecule has 124 valence electrons. The first-order valence-corrected chi connectivity index (χ1v) is 7.51. The monoisotopic (exact) mass is 327 g/mol. The van der Waals surface area contributed by atoms with Crippen molar-refractivity contribution in [2.24, 2.45) is 0 Å². The fraction of sp³-hybridized carbons (Fsp3) is 0.167. The number of benzene rings is 2. The van der Waals surface area contributed by atoms with Crippen molar-refractivity contribution in [1.82, 2.24) is 10.7 Å². The van der Waals surface area contributed by atoms with E-state index < -0.39 is 0 Å². The Morgan fingerprint density at radius 3 is 2.46 bits per heavy atom.